The van der Waals surface area contributed by atoms with E-state index in [1.54, 1.807) is 6.20 Å². The third-order valence-electron chi connectivity index (χ3n) is 2.38. The lowest BCUT2D eigenvalue weighted by atomic mass is 10.3. The highest BCUT2D eigenvalue weighted by Gasteiger charge is 2.16. The Morgan fingerprint density at radius 1 is 1.67 bits per heavy atom. The molecule has 0 atom stereocenters. The van der Waals surface area contributed by atoms with Crippen LogP contribution in [0.5, 0.6) is 0 Å². The van der Waals surface area contributed by atoms with Crippen molar-refractivity contribution in [1.29, 1.82) is 0 Å². The maximum atomic E-state index is 12.1. The summed E-state index contributed by atoms with van der Waals surface area (Å²) in [5, 5.41) is 8.83. The second-order valence-electron chi connectivity index (χ2n) is 4.12. The average molecular weight is 251 g/mol. The minimum Gasteiger partial charge on any atom is -0.480 e. The standard InChI is InChI=1S/C12H17N3O3/c1-4-6-14(8-10(16)17)11-12(18)15(9(2)3)7-5-13-11/h4-5,7,9H,1,6,8H2,2-3H3,(H,16,17). The van der Waals surface area contributed by atoms with Crippen molar-refractivity contribution in [2.45, 2.75) is 19.9 Å². The molecule has 1 heterocycles. The summed E-state index contributed by atoms with van der Waals surface area (Å²) < 4.78 is 1.51. The van der Waals surface area contributed by atoms with Crippen molar-refractivity contribution in [2.75, 3.05) is 18.0 Å². The minimum absolute atomic E-state index is 0.00495. The number of carboxylic acids is 1. The first kappa shape index (κ1) is 14.0. The molecule has 0 aliphatic rings. The van der Waals surface area contributed by atoms with Crippen LogP contribution in [0.25, 0.3) is 0 Å². The number of carboxylic acid groups (broad SMARTS) is 1. The number of nitrogens with zero attached hydrogens (tertiary/aromatic N) is 3. The first-order chi connectivity index (χ1) is 8.47. The van der Waals surface area contributed by atoms with Gasteiger partial charge in [-0.1, -0.05) is 6.08 Å². The molecular formula is C12H17N3O3. The van der Waals surface area contributed by atoms with Gasteiger partial charge in [-0.15, -0.1) is 6.58 Å². The van der Waals surface area contributed by atoms with Gasteiger partial charge in [0, 0.05) is 25.0 Å². The highest BCUT2D eigenvalue weighted by atomic mass is 16.4. The molecule has 0 unspecified atom stereocenters. The highest BCUT2D eigenvalue weighted by Crippen LogP contribution is 2.06. The fraction of sp³-hybridized carbons (Fsp3) is 0.417. The molecule has 6 nitrogen and oxygen atoms in total. The lowest BCUT2D eigenvalue weighted by Gasteiger charge is -2.20. The van der Waals surface area contributed by atoms with E-state index >= 15 is 0 Å². The lowest BCUT2D eigenvalue weighted by molar-refractivity contribution is -0.135. The molecule has 6 heteroatoms. The molecule has 1 aromatic rings. The van der Waals surface area contributed by atoms with Crippen LogP contribution in [-0.4, -0.2) is 33.7 Å². The third kappa shape index (κ3) is 3.19. The van der Waals surface area contributed by atoms with Gasteiger partial charge in [0.2, 0.25) is 0 Å². The quantitative estimate of drug-likeness (QED) is 0.760. The first-order valence-electron chi connectivity index (χ1n) is 5.62. The van der Waals surface area contributed by atoms with Gasteiger partial charge in [-0.3, -0.25) is 9.59 Å². The second kappa shape index (κ2) is 6.00. The fourth-order valence-corrected chi connectivity index (χ4v) is 1.58. The summed E-state index contributed by atoms with van der Waals surface area (Å²) in [7, 11) is 0. The van der Waals surface area contributed by atoms with Gasteiger partial charge < -0.3 is 14.6 Å². The number of aromatic nitrogens is 2. The Hall–Kier alpha value is -2.11. The highest BCUT2D eigenvalue weighted by molar-refractivity contribution is 5.73. The van der Waals surface area contributed by atoms with E-state index in [1.807, 2.05) is 13.8 Å². The topological polar surface area (TPSA) is 75.4 Å². The number of carbonyl (C=O) groups is 1. The molecule has 98 valence electrons. The molecule has 0 spiro atoms. The summed E-state index contributed by atoms with van der Waals surface area (Å²) in [5.41, 5.74) is -0.296. The Kier molecular flexibility index (Phi) is 4.65. The number of aliphatic carboxylic acids is 1. The number of hydrogen-bond donors (Lipinski definition) is 1. The Morgan fingerprint density at radius 2 is 2.33 bits per heavy atom. The molecule has 1 aromatic heterocycles. The zero-order chi connectivity index (χ0) is 13.7. The summed E-state index contributed by atoms with van der Waals surface area (Å²) >= 11 is 0. The van der Waals surface area contributed by atoms with Crippen molar-refractivity contribution >= 4 is 11.8 Å². The van der Waals surface area contributed by atoms with Crippen LogP contribution in [-0.2, 0) is 4.79 Å². The fourth-order valence-electron chi connectivity index (χ4n) is 1.58. The van der Waals surface area contributed by atoms with Gasteiger partial charge >= 0.3 is 5.97 Å². The maximum Gasteiger partial charge on any atom is 0.323 e. The van der Waals surface area contributed by atoms with Gasteiger partial charge in [0.1, 0.15) is 6.54 Å². The maximum absolute atomic E-state index is 12.1. The van der Waals surface area contributed by atoms with Gasteiger partial charge in [0.05, 0.1) is 0 Å². The van der Waals surface area contributed by atoms with E-state index in [0.29, 0.717) is 0 Å². The van der Waals surface area contributed by atoms with Gasteiger partial charge in [0.15, 0.2) is 5.82 Å². The second-order valence-corrected chi connectivity index (χ2v) is 4.12. The van der Waals surface area contributed by atoms with E-state index in [-0.39, 0.29) is 30.5 Å². The van der Waals surface area contributed by atoms with E-state index in [2.05, 4.69) is 11.6 Å². The molecule has 0 amide bonds. The minimum atomic E-state index is -1.02. The van der Waals surface area contributed by atoms with Crippen LogP contribution in [0.2, 0.25) is 0 Å². The van der Waals surface area contributed by atoms with Gasteiger partial charge in [-0.2, -0.15) is 0 Å². The van der Waals surface area contributed by atoms with Crippen LogP contribution >= 0.6 is 0 Å². The molecule has 0 radical (unpaired) electrons. The van der Waals surface area contributed by atoms with Crippen LogP contribution in [0.15, 0.2) is 29.8 Å². The number of hydrogen-bond acceptors (Lipinski definition) is 4. The van der Waals surface area contributed by atoms with Crippen molar-refractivity contribution < 1.29 is 9.90 Å². The molecule has 0 aliphatic carbocycles. The van der Waals surface area contributed by atoms with Crippen molar-refractivity contribution in [3.8, 4) is 0 Å². The molecule has 0 aliphatic heterocycles. The normalized spacial score (nSPS) is 10.4. The molecule has 18 heavy (non-hydrogen) atoms. The smallest absolute Gasteiger partial charge is 0.323 e. The summed E-state index contributed by atoms with van der Waals surface area (Å²) in [6.07, 6.45) is 4.62. The summed E-state index contributed by atoms with van der Waals surface area (Å²) in [6, 6.07) is -0.00495. The molecule has 1 N–H and O–H groups in total. The Balaban J connectivity index is 3.19. The van der Waals surface area contributed by atoms with Crippen molar-refractivity contribution in [3.63, 3.8) is 0 Å². The van der Waals surface area contributed by atoms with Crippen molar-refractivity contribution in [3.05, 3.63) is 35.4 Å². The Labute approximate surface area is 105 Å². The summed E-state index contributed by atoms with van der Waals surface area (Å²) in [4.78, 5) is 28.3. The van der Waals surface area contributed by atoms with Gasteiger partial charge in [-0.25, -0.2) is 4.98 Å². The predicted octanol–water partition coefficient (Wildman–Crippen LogP) is 0.901. The van der Waals surface area contributed by atoms with Crippen molar-refractivity contribution in [2.24, 2.45) is 0 Å². The van der Waals surface area contributed by atoms with E-state index in [4.69, 9.17) is 5.11 Å². The number of rotatable bonds is 6. The van der Waals surface area contributed by atoms with Crippen LogP contribution < -0.4 is 10.5 Å². The van der Waals surface area contributed by atoms with E-state index < -0.39 is 5.97 Å². The largest absolute Gasteiger partial charge is 0.480 e. The molecule has 0 saturated heterocycles. The zero-order valence-electron chi connectivity index (χ0n) is 10.5. The monoisotopic (exact) mass is 251 g/mol. The van der Waals surface area contributed by atoms with E-state index in [9.17, 15) is 9.59 Å². The first-order valence-corrected chi connectivity index (χ1v) is 5.62. The summed E-state index contributed by atoms with van der Waals surface area (Å²) in [6.45, 7) is 7.28. The Bertz CT molecular complexity index is 494. The van der Waals surface area contributed by atoms with E-state index in [1.165, 1.54) is 21.7 Å². The molecule has 1 rings (SSSR count). The lowest BCUT2D eigenvalue weighted by Crippen LogP contribution is -2.37. The SMILES string of the molecule is C=CCN(CC(=O)O)c1nccn(C(C)C)c1=O. The van der Waals surface area contributed by atoms with Crippen LogP contribution in [0.3, 0.4) is 0 Å². The average Bonchev–Trinajstić information content (AvgIpc) is 2.27. The summed E-state index contributed by atoms with van der Waals surface area (Å²) in [5.74, 6) is -0.883. The molecule has 0 bridgehead atoms. The van der Waals surface area contributed by atoms with Crippen LogP contribution in [0.4, 0.5) is 5.82 Å². The molecular weight excluding hydrogens is 234 g/mol. The molecule has 0 fully saturated rings. The third-order valence-corrected chi connectivity index (χ3v) is 2.38. The number of anilines is 1. The Morgan fingerprint density at radius 3 is 2.83 bits per heavy atom. The molecule has 0 aromatic carbocycles. The van der Waals surface area contributed by atoms with E-state index in [0.717, 1.165) is 0 Å². The predicted molar refractivity (Wildman–Crippen MR) is 68.9 cm³/mol. The van der Waals surface area contributed by atoms with Crippen molar-refractivity contribution in [1.82, 2.24) is 9.55 Å². The van der Waals surface area contributed by atoms with Gasteiger partial charge in [0.25, 0.3) is 5.56 Å². The molecule has 0 saturated carbocycles. The zero-order valence-corrected chi connectivity index (χ0v) is 10.5. The van der Waals surface area contributed by atoms with Crippen LogP contribution in [0.1, 0.15) is 19.9 Å². The van der Waals surface area contributed by atoms with Gasteiger partial charge in [-0.05, 0) is 13.8 Å². The van der Waals surface area contributed by atoms with Crippen LogP contribution in [0, 0.1) is 0 Å².